The van der Waals surface area contributed by atoms with Gasteiger partial charge >= 0.3 is 0 Å². The Morgan fingerprint density at radius 1 is 1.18 bits per heavy atom. The Morgan fingerprint density at radius 3 is 2.70 bits per heavy atom. The summed E-state index contributed by atoms with van der Waals surface area (Å²) in [6.45, 7) is 4.03. The summed E-state index contributed by atoms with van der Waals surface area (Å²) in [7, 11) is 0. The molecule has 0 bridgehead atoms. The number of hydrogen-bond acceptors (Lipinski definition) is 6. The van der Waals surface area contributed by atoms with E-state index >= 15 is 0 Å². The third kappa shape index (κ3) is 5.17. The van der Waals surface area contributed by atoms with Crippen molar-refractivity contribution in [3.8, 4) is 0 Å². The number of benzene rings is 1. The molecule has 10 heteroatoms. The monoisotopic (exact) mass is 486 g/mol. The van der Waals surface area contributed by atoms with Gasteiger partial charge in [-0.2, -0.15) is 0 Å². The lowest BCUT2D eigenvalue weighted by atomic mass is 10.1. The summed E-state index contributed by atoms with van der Waals surface area (Å²) in [5, 5.41) is 1.13. The fourth-order valence-electron chi connectivity index (χ4n) is 3.76. The molecule has 0 saturated carbocycles. The van der Waals surface area contributed by atoms with Crippen molar-refractivity contribution in [3.05, 3.63) is 69.1 Å². The first-order chi connectivity index (χ1) is 16.0. The van der Waals surface area contributed by atoms with Gasteiger partial charge in [0.15, 0.2) is 5.16 Å². The molecule has 0 spiro atoms. The molecule has 0 aliphatic heterocycles. The maximum Gasteiger partial charge on any atom is 0.269 e. The Kier molecular flexibility index (Phi) is 7.24. The topological polar surface area (TPSA) is 93.1 Å². The zero-order valence-corrected chi connectivity index (χ0v) is 19.5. The molecule has 0 atom stereocenters. The number of aromatic nitrogens is 2. The molecule has 2 aromatic heterocycles. The van der Waals surface area contributed by atoms with Crippen LogP contribution in [0, 0.1) is 5.82 Å². The number of carbonyl (C=O) groups excluding carboxylic acids is 2. The predicted octanol–water partition coefficient (Wildman–Crippen LogP) is 3.61. The molecular weight excluding hydrogens is 463 g/mol. The first-order valence-corrected chi connectivity index (χ1v) is 12.4. The SMILES string of the molecule is C=CCn1c(SCC(=O)NNC(=O)c2ccc(F)cc2)nc2sc3c(c2c1=O)CCCCC3. The first-order valence-electron chi connectivity index (χ1n) is 10.6. The molecule has 1 aliphatic carbocycles. The molecule has 0 unspecified atom stereocenters. The minimum absolute atomic E-state index is 0.0517. The number of halogens is 1. The van der Waals surface area contributed by atoms with E-state index in [1.807, 2.05) is 0 Å². The van der Waals surface area contributed by atoms with Crippen molar-refractivity contribution in [2.45, 2.75) is 43.8 Å². The van der Waals surface area contributed by atoms with Gasteiger partial charge in [0, 0.05) is 17.0 Å². The minimum Gasteiger partial charge on any atom is -0.283 e. The van der Waals surface area contributed by atoms with E-state index in [-0.39, 0.29) is 23.4 Å². The second-order valence-corrected chi connectivity index (χ2v) is 9.67. The maximum atomic E-state index is 13.3. The van der Waals surface area contributed by atoms with E-state index in [0.29, 0.717) is 15.4 Å². The van der Waals surface area contributed by atoms with Crippen LogP contribution in [0.4, 0.5) is 4.39 Å². The van der Waals surface area contributed by atoms with Crippen molar-refractivity contribution in [2.24, 2.45) is 0 Å². The van der Waals surface area contributed by atoms with Crippen LogP contribution in [0.2, 0.25) is 0 Å². The van der Waals surface area contributed by atoms with Gasteiger partial charge in [0.05, 0.1) is 11.1 Å². The summed E-state index contributed by atoms with van der Waals surface area (Å²) in [5.41, 5.74) is 5.86. The Balaban J connectivity index is 1.48. The number of fused-ring (bicyclic) bond motifs is 3. The maximum absolute atomic E-state index is 13.3. The van der Waals surface area contributed by atoms with E-state index < -0.39 is 17.6 Å². The largest absolute Gasteiger partial charge is 0.283 e. The standard InChI is InChI=1S/C23H23FN4O3S2/c1-2-12-28-22(31)19-16-6-4-3-5-7-17(16)33-21(19)25-23(28)32-13-18(29)26-27-20(30)14-8-10-15(24)11-9-14/h2,8-11H,1,3-7,12-13H2,(H,26,29)(H,27,30). The Bertz CT molecular complexity index is 1270. The molecule has 3 aromatic rings. The van der Waals surface area contributed by atoms with Crippen molar-refractivity contribution in [1.82, 2.24) is 20.4 Å². The first kappa shape index (κ1) is 23.2. The third-order valence-corrected chi connectivity index (χ3v) is 7.52. The number of aryl methyl sites for hydroxylation is 2. The van der Waals surface area contributed by atoms with Crippen molar-refractivity contribution >= 4 is 45.1 Å². The number of rotatable bonds is 6. The molecule has 2 N–H and O–H groups in total. The molecule has 1 aliphatic rings. The zero-order valence-electron chi connectivity index (χ0n) is 17.9. The van der Waals surface area contributed by atoms with Crippen LogP contribution < -0.4 is 16.4 Å². The lowest BCUT2D eigenvalue weighted by Crippen LogP contribution is -2.42. The number of nitrogens with one attached hydrogen (secondary N) is 2. The number of carbonyl (C=O) groups is 2. The highest BCUT2D eigenvalue weighted by Crippen LogP contribution is 2.34. The molecule has 0 fully saturated rings. The molecular formula is C23H23FN4O3S2. The lowest BCUT2D eigenvalue weighted by molar-refractivity contribution is -0.119. The zero-order chi connectivity index (χ0) is 23.4. The van der Waals surface area contributed by atoms with Gasteiger partial charge in [0.25, 0.3) is 11.5 Å². The smallest absolute Gasteiger partial charge is 0.269 e. The van der Waals surface area contributed by atoms with E-state index in [9.17, 15) is 18.8 Å². The van der Waals surface area contributed by atoms with Crippen molar-refractivity contribution < 1.29 is 14.0 Å². The van der Waals surface area contributed by atoms with Gasteiger partial charge in [-0.3, -0.25) is 29.8 Å². The van der Waals surface area contributed by atoms with Gasteiger partial charge < -0.3 is 0 Å². The van der Waals surface area contributed by atoms with Crippen LogP contribution in [-0.4, -0.2) is 27.1 Å². The molecule has 7 nitrogen and oxygen atoms in total. The van der Waals surface area contributed by atoms with Gasteiger partial charge in [-0.25, -0.2) is 9.37 Å². The van der Waals surface area contributed by atoms with Crippen LogP contribution in [0.3, 0.4) is 0 Å². The molecule has 2 amide bonds. The number of nitrogens with zero attached hydrogens (tertiary/aromatic N) is 2. The van der Waals surface area contributed by atoms with E-state index in [1.54, 1.807) is 22.0 Å². The molecule has 33 heavy (non-hydrogen) atoms. The van der Waals surface area contributed by atoms with Crippen molar-refractivity contribution in [1.29, 1.82) is 0 Å². The van der Waals surface area contributed by atoms with Gasteiger partial charge in [-0.05, 0) is 55.5 Å². The highest BCUT2D eigenvalue weighted by Gasteiger charge is 2.21. The van der Waals surface area contributed by atoms with Crippen molar-refractivity contribution in [3.63, 3.8) is 0 Å². The quantitative estimate of drug-likeness (QED) is 0.183. The normalized spacial score (nSPS) is 13.2. The fourth-order valence-corrected chi connectivity index (χ4v) is 5.87. The molecule has 0 saturated heterocycles. The Morgan fingerprint density at radius 2 is 1.94 bits per heavy atom. The predicted molar refractivity (Wildman–Crippen MR) is 128 cm³/mol. The highest BCUT2D eigenvalue weighted by molar-refractivity contribution is 7.99. The average Bonchev–Trinajstić information content (AvgIpc) is 2.99. The van der Waals surface area contributed by atoms with Gasteiger partial charge in [-0.1, -0.05) is 24.3 Å². The van der Waals surface area contributed by atoms with Gasteiger partial charge in [0.1, 0.15) is 10.6 Å². The second kappa shape index (κ2) is 10.3. The molecule has 172 valence electrons. The second-order valence-electron chi connectivity index (χ2n) is 7.64. The molecule has 1 aromatic carbocycles. The van der Waals surface area contributed by atoms with Gasteiger partial charge in [-0.15, -0.1) is 17.9 Å². The number of hydrazine groups is 1. The molecule has 4 rings (SSSR count). The van der Waals surface area contributed by atoms with E-state index in [2.05, 4.69) is 17.4 Å². The average molecular weight is 487 g/mol. The van der Waals surface area contributed by atoms with Crippen LogP contribution in [0.1, 0.15) is 40.1 Å². The number of thiophene rings is 1. The number of allylic oxidation sites excluding steroid dienone is 1. The van der Waals surface area contributed by atoms with Crippen molar-refractivity contribution in [2.75, 3.05) is 5.75 Å². The van der Waals surface area contributed by atoms with Crippen LogP contribution >= 0.6 is 23.1 Å². The van der Waals surface area contributed by atoms with E-state index in [1.165, 1.54) is 17.0 Å². The summed E-state index contributed by atoms with van der Waals surface area (Å²) in [4.78, 5) is 44.3. The van der Waals surface area contributed by atoms with Crippen LogP contribution in [-0.2, 0) is 24.2 Å². The van der Waals surface area contributed by atoms with Crippen LogP contribution in [0.25, 0.3) is 10.2 Å². The van der Waals surface area contributed by atoms with Gasteiger partial charge in [0.2, 0.25) is 5.91 Å². The molecule has 0 radical (unpaired) electrons. The van der Waals surface area contributed by atoms with E-state index in [0.717, 1.165) is 61.6 Å². The summed E-state index contributed by atoms with van der Waals surface area (Å²) in [6, 6.07) is 4.97. The minimum atomic E-state index is -0.559. The number of amides is 2. The van der Waals surface area contributed by atoms with E-state index in [4.69, 9.17) is 4.98 Å². The summed E-state index contributed by atoms with van der Waals surface area (Å²) < 4.78 is 14.5. The lowest BCUT2D eigenvalue weighted by Gasteiger charge is -2.11. The number of hydrogen-bond donors (Lipinski definition) is 2. The highest BCUT2D eigenvalue weighted by atomic mass is 32.2. The number of thioether (sulfide) groups is 1. The van der Waals surface area contributed by atoms with Crippen LogP contribution in [0.5, 0.6) is 0 Å². The summed E-state index contributed by atoms with van der Waals surface area (Å²) >= 11 is 2.69. The third-order valence-electron chi connectivity index (χ3n) is 5.36. The molecule has 2 heterocycles. The van der Waals surface area contributed by atoms with Crippen LogP contribution in [0.15, 0.2) is 46.9 Å². The Labute approximate surface area is 198 Å². The summed E-state index contributed by atoms with van der Waals surface area (Å²) in [6.07, 6.45) is 6.84. The fraction of sp³-hybridized carbons (Fsp3) is 0.304. The summed E-state index contributed by atoms with van der Waals surface area (Å²) in [5.74, 6) is -1.53. The Hall–Kier alpha value is -2.98.